The van der Waals surface area contributed by atoms with Gasteiger partial charge in [0.2, 0.25) is 0 Å². The summed E-state index contributed by atoms with van der Waals surface area (Å²) < 4.78 is 50.5. The second kappa shape index (κ2) is 3.49. The number of aliphatic hydroxyl groups is 1. The predicted molar refractivity (Wildman–Crippen MR) is 38.6 cm³/mol. The van der Waals surface area contributed by atoms with Crippen molar-refractivity contribution in [3.05, 3.63) is 23.1 Å². The van der Waals surface area contributed by atoms with Crippen LogP contribution in [0, 0.1) is 0 Å². The summed E-state index contributed by atoms with van der Waals surface area (Å²) in [6.45, 7) is 1.42. The highest BCUT2D eigenvalue weighted by Crippen LogP contribution is 2.36. The zero-order chi connectivity index (χ0) is 10.2. The highest BCUT2D eigenvalue weighted by molar-refractivity contribution is 5.37. The average Bonchev–Trinajstić information content (AvgIpc) is 2.13. The van der Waals surface area contributed by atoms with Crippen molar-refractivity contribution >= 4 is 0 Å². The fourth-order valence-electron chi connectivity index (χ4n) is 1.18. The molecule has 1 rings (SSSR count). The summed E-state index contributed by atoms with van der Waals surface area (Å²) in [7, 11) is 0. The number of alkyl halides is 1. The lowest BCUT2D eigenvalue weighted by molar-refractivity contribution is 0.0994. The summed E-state index contributed by atoms with van der Waals surface area (Å²) >= 11 is 0. The summed E-state index contributed by atoms with van der Waals surface area (Å²) in [6.07, 6.45) is -4.47. The van der Waals surface area contributed by atoms with Gasteiger partial charge in [0, 0.05) is 5.57 Å². The lowest BCUT2D eigenvalue weighted by atomic mass is 9.96. The van der Waals surface area contributed by atoms with E-state index in [4.69, 9.17) is 5.11 Å². The molecule has 13 heavy (non-hydrogen) atoms. The van der Waals surface area contributed by atoms with Crippen molar-refractivity contribution in [3.63, 3.8) is 0 Å². The lowest BCUT2D eigenvalue weighted by Crippen LogP contribution is -2.29. The Kier molecular flexibility index (Phi) is 2.75. The number of halogens is 4. The summed E-state index contributed by atoms with van der Waals surface area (Å²) in [6, 6.07) is 0. The predicted octanol–water partition coefficient (Wildman–Crippen LogP) is 2.48. The molecule has 1 nitrogen and oxygen atoms in total. The van der Waals surface area contributed by atoms with E-state index in [1.54, 1.807) is 0 Å². The molecule has 0 aromatic rings. The molecule has 0 spiro atoms. The van der Waals surface area contributed by atoms with E-state index in [9.17, 15) is 17.6 Å². The van der Waals surface area contributed by atoms with Crippen LogP contribution in [0.3, 0.4) is 0 Å². The Morgan fingerprint density at radius 1 is 1.23 bits per heavy atom. The van der Waals surface area contributed by atoms with Crippen molar-refractivity contribution < 1.29 is 22.7 Å². The Labute approximate surface area is 72.4 Å². The molecule has 1 N–H and O–H groups in total. The van der Waals surface area contributed by atoms with Gasteiger partial charge in [0.05, 0.1) is 0 Å². The molecule has 0 aromatic heterocycles. The van der Waals surface area contributed by atoms with E-state index in [0.29, 0.717) is 0 Å². The first-order valence-electron chi connectivity index (χ1n) is 3.76. The van der Waals surface area contributed by atoms with Crippen LogP contribution in [0.15, 0.2) is 23.1 Å². The van der Waals surface area contributed by atoms with E-state index < -0.39 is 35.3 Å². The third-order valence-electron chi connectivity index (χ3n) is 1.94. The van der Waals surface area contributed by atoms with Gasteiger partial charge in [-0.2, -0.15) is 0 Å². The van der Waals surface area contributed by atoms with E-state index in [-0.39, 0.29) is 6.42 Å². The highest BCUT2D eigenvalue weighted by Gasteiger charge is 2.37. The van der Waals surface area contributed by atoms with Crippen LogP contribution in [0.4, 0.5) is 17.6 Å². The van der Waals surface area contributed by atoms with Crippen molar-refractivity contribution in [3.8, 4) is 0 Å². The van der Waals surface area contributed by atoms with Crippen LogP contribution in [0.2, 0.25) is 0 Å². The van der Waals surface area contributed by atoms with Crippen molar-refractivity contribution in [2.45, 2.75) is 25.6 Å². The van der Waals surface area contributed by atoms with Crippen molar-refractivity contribution in [2.24, 2.45) is 0 Å². The Bertz CT molecular complexity index is 282. The maximum absolute atomic E-state index is 12.8. The van der Waals surface area contributed by atoms with E-state index in [0.717, 1.165) is 0 Å². The third-order valence-corrected chi connectivity index (χ3v) is 1.94. The number of allylic oxidation sites excluding steroid dienone is 2. The van der Waals surface area contributed by atoms with Gasteiger partial charge in [0.1, 0.15) is 6.10 Å². The molecule has 74 valence electrons. The minimum atomic E-state index is -2.49. The summed E-state index contributed by atoms with van der Waals surface area (Å²) in [4.78, 5) is 0. The summed E-state index contributed by atoms with van der Waals surface area (Å²) in [5, 5.41) is 8.98. The van der Waals surface area contributed by atoms with Gasteiger partial charge in [-0.3, -0.25) is 0 Å². The Hall–Kier alpha value is -0.840. The first-order valence-corrected chi connectivity index (χ1v) is 3.76. The molecule has 0 heterocycles. The van der Waals surface area contributed by atoms with Crippen LogP contribution in [-0.4, -0.2) is 17.4 Å². The first-order chi connectivity index (χ1) is 6.00. The fraction of sp³-hybridized carbons (Fsp3) is 0.500. The minimum Gasteiger partial charge on any atom is -0.385 e. The molecule has 0 saturated carbocycles. The van der Waals surface area contributed by atoms with Gasteiger partial charge in [0.25, 0.3) is 0 Å². The molecule has 0 bridgehead atoms. The van der Waals surface area contributed by atoms with Gasteiger partial charge in [-0.15, -0.1) is 0 Å². The molecule has 2 atom stereocenters. The van der Waals surface area contributed by atoms with Crippen LogP contribution in [0.25, 0.3) is 0 Å². The van der Waals surface area contributed by atoms with Gasteiger partial charge in [-0.1, -0.05) is 6.92 Å². The Morgan fingerprint density at radius 3 is 2.23 bits per heavy atom. The van der Waals surface area contributed by atoms with Crippen LogP contribution >= 0.6 is 0 Å². The molecule has 0 radical (unpaired) electrons. The number of hydrogen-bond acceptors (Lipinski definition) is 1. The van der Waals surface area contributed by atoms with E-state index in [1.807, 2.05) is 0 Å². The van der Waals surface area contributed by atoms with Crippen molar-refractivity contribution in [2.75, 3.05) is 0 Å². The lowest BCUT2D eigenvalue weighted by Gasteiger charge is -2.22. The van der Waals surface area contributed by atoms with E-state index in [1.165, 1.54) is 6.92 Å². The molecule has 0 amide bonds. The van der Waals surface area contributed by atoms with E-state index >= 15 is 0 Å². The molecule has 0 aliphatic heterocycles. The van der Waals surface area contributed by atoms with Gasteiger partial charge < -0.3 is 5.11 Å². The molecule has 1 aliphatic rings. The Morgan fingerprint density at radius 2 is 1.77 bits per heavy atom. The zero-order valence-corrected chi connectivity index (χ0v) is 6.82. The van der Waals surface area contributed by atoms with Gasteiger partial charge in [-0.25, -0.2) is 17.6 Å². The standard InChI is InChI=1S/C8H8F4O/c1-2-3-4(9)5(10)6(11)7(12)8(3)13/h7-8,13H,2H2,1H3/t7-,8?/m1/s1. The fourth-order valence-corrected chi connectivity index (χ4v) is 1.18. The second-order valence-electron chi connectivity index (χ2n) is 2.70. The molecule has 0 aromatic carbocycles. The van der Waals surface area contributed by atoms with Gasteiger partial charge in [-0.05, 0) is 6.42 Å². The molecule has 0 fully saturated rings. The molecule has 0 saturated heterocycles. The third kappa shape index (κ3) is 1.48. The van der Waals surface area contributed by atoms with Crippen molar-refractivity contribution in [1.29, 1.82) is 0 Å². The van der Waals surface area contributed by atoms with E-state index in [2.05, 4.69) is 0 Å². The monoisotopic (exact) mass is 196 g/mol. The highest BCUT2D eigenvalue weighted by atomic mass is 19.2. The van der Waals surface area contributed by atoms with Crippen LogP contribution in [0.5, 0.6) is 0 Å². The molecule has 1 aliphatic carbocycles. The first kappa shape index (κ1) is 10.2. The smallest absolute Gasteiger partial charge is 0.193 e. The van der Waals surface area contributed by atoms with Crippen LogP contribution < -0.4 is 0 Å². The topological polar surface area (TPSA) is 20.2 Å². The molecular formula is C8H8F4O. The van der Waals surface area contributed by atoms with Crippen LogP contribution in [-0.2, 0) is 0 Å². The molecule has 5 heteroatoms. The van der Waals surface area contributed by atoms with Crippen molar-refractivity contribution in [1.82, 2.24) is 0 Å². The SMILES string of the molecule is CCC1=C(F)C(F)=C(F)[C@@H](F)C1O. The normalized spacial score (nSPS) is 30.0. The average molecular weight is 196 g/mol. The Balaban J connectivity index is 3.19. The minimum absolute atomic E-state index is 0.0614. The maximum Gasteiger partial charge on any atom is 0.193 e. The number of hydrogen-bond donors (Lipinski definition) is 1. The van der Waals surface area contributed by atoms with Crippen LogP contribution in [0.1, 0.15) is 13.3 Å². The maximum atomic E-state index is 12.8. The second-order valence-corrected chi connectivity index (χ2v) is 2.70. The number of rotatable bonds is 1. The summed E-state index contributed by atoms with van der Waals surface area (Å²) in [5.41, 5.74) is -0.439. The van der Waals surface area contributed by atoms with Gasteiger partial charge in [0.15, 0.2) is 23.7 Å². The van der Waals surface area contributed by atoms with Gasteiger partial charge >= 0.3 is 0 Å². The summed E-state index contributed by atoms with van der Waals surface area (Å²) in [5.74, 6) is -5.20. The molecule has 1 unspecified atom stereocenters. The zero-order valence-electron chi connectivity index (χ0n) is 6.82. The largest absolute Gasteiger partial charge is 0.385 e. The number of aliphatic hydroxyl groups excluding tert-OH is 1. The molecular weight excluding hydrogens is 188 g/mol. The quantitative estimate of drug-likeness (QED) is 0.639.